The van der Waals surface area contributed by atoms with Gasteiger partial charge >= 0.3 is 0 Å². The van der Waals surface area contributed by atoms with Crippen LogP contribution in [0, 0.1) is 0 Å². The molecule has 0 radical (unpaired) electrons. The Morgan fingerprint density at radius 1 is 1.46 bits per heavy atom. The first-order valence-corrected chi connectivity index (χ1v) is 4.75. The summed E-state index contributed by atoms with van der Waals surface area (Å²) in [6.07, 6.45) is 0.883. The van der Waals surface area contributed by atoms with E-state index in [0.717, 1.165) is 12.1 Å². The number of ether oxygens (including phenoxy) is 2. The van der Waals surface area contributed by atoms with Crippen LogP contribution in [-0.4, -0.2) is 29.9 Å². The fourth-order valence-corrected chi connectivity index (χ4v) is 1.22. The van der Waals surface area contributed by atoms with E-state index < -0.39 is 0 Å². The Balaban J connectivity index is 2.10. The first-order chi connectivity index (χ1) is 6.34. The van der Waals surface area contributed by atoms with Gasteiger partial charge in [-0.05, 0) is 6.42 Å². The molecule has 1 aromatic rings. The lowest BCUT2D eigenvalue weighted by atomic mass is 10.4. The molecule has 0 bridgehead atoms. The SMILES string of the molecule is COCCCOCc1nnsc1N. The van der Waals surface area contributed by atoms with Crippen molar-refractivity contribution in [1.29, 1.82) is 0 Å². The van der Waals surface area contributed by atoms with Crippen LogP contribution >= 0.6 is 11.5 Å². The van der Waals surface area contributed by atoms with E-state index in [2.05, 4.69) is 9.59 Å². The number of nitrogens with zero attached hydrogens (tertiary/aromatic N) is 2. The molecule has 1 rings (SSSR count). The predicted octanol–water partition coefficient (Wildman–Crippen LogP) is 0.673. The van der Waals surface area contributed by atoms with Crippen molar-refractivity contribution >= 4 is 16.5 Å². The van der Waals surface area contributed by atoms with Gasteiger partial charge in [0.15, 0.2) is 0 Å². The normalized spacial score (nSPS) is 10.5. The number of methoxy groups -OCH3 is 1. The van der Waals surface area contributed by atoms with E-state index in [1.54, 1.807) is 7.11 Å². The van der Waals surface area contributed by atoms with E-state index >= 15 is 0 Å². The monoisotopic (exact) mass is 203 g/mol. The highest BCUT2D eigenvalue weighted by Crippen LogP contribution is 2.12. The number of anilines is 1. The largest absolute Gasteiger partial charge is 0.388 e. The summed E-state index contributed by atoms with van der Waals surface area (Å²) in [5.74, 6) is 0. The molecule has 0 fully saturated rings. The van der Waals surface area contributed by atoms with Gasteiger partial charge in [-0.25, -0.2) is 0 Å². The standard InChI is InChI=1S/C7H13N3O2S/c1-11-3-2-4-12-5-6-7(8)13-10-9-6/h2-5,8H2,1H3. The summed E-state index contributed by atoms with van der Waals surface area (Å²) in [5, 5.41) is 4.45. The van der Waals surface area contributed by atoms with E-state index in [9.17, 15) is 0 Å². The van der Waals surface area contributed by atoms with Crippen molar-refractivity contribution in [3.63, 3.8) is 0 Å². The van der Waals surface area contributed by atoms with Crippen LogP contribution < -0.4 is 5.73 Å². The van der Waals surface area contributed by atoms with Gasteiger partial charge in [0.2, 0.25) is 0 Å². The van der Waals surface area contributed by atoms with Crippen LogP contribution in [0.2, 0.25) is 0 Å². The maximum atomic E-state index is 5.57. The smallest absolute Gasteiger partial charge is 0.133 e. The van der Waals surface area contributed by atoms with Crippen molar-refractivity contribution in [2.75, 3.05) is 26.1 Å². The van der Waals surface area contributed by atoms with Crippen LogP contribution in [0.3, 0.4) is 0 Å². The first-order valence-electron chi connectivity index (χ1n) is 3.98. The maximum Gasteiger partial charge on any atom is 0.133 e. The molecule has 0 aliphatic rings. The third-order valence-corrected chi connectivity index (χ3v) is 2.06. The minimum atomic E-state index is 0.437. The van der Waals surface area contributed by atoms with E-state index in [4.69, 9.17) is 15.2 Å². The Labute approximate surface area is 81.0 Å². The van der Waals surface area contributed by atoms with Gasteiger partial charge in [0, 0.05) is 31.9 Å². The molecule has 0 aliphatic heterocycles. The van der Waals surface area contributed by atoms with Gasteiger partial charge in [0.05, 0.1) is 6.61 Å². The number of hydrogen-bond acceptors (Lipinski definition) is 6. The van der Waals surface area contributed by atoms with Crippen LogP contribution in [0.4, 0.5) is 5.00 Å². The Bertz CT molecular complexity index is 241. The van der Waals surface area contributed by atoms with E-state index in [-0.39, 0.29) is 0 Å². The molecule has 0 spiro atoms. The summed E-state index contributed by atoms with van der Waals surface area (Å²) in [4.78, 5) is 0. The molecule has 13 heavy (non-hydrogen) atoms. The van der Waals surface area contributed by atoms with Crippen molar-refractivity contribution in [3.05, 3.63) is 5.69 Å². The third kappa shape index (κ3) is 3.67. The van der Waals surface area contributed by atoms with Gasteiger partial charge in [-0.1, -0.05) is 4.49 Å². The Hall–Kier alpha value is -0.720. The zero-order valence-electron chi connectivity index (χ0n) is 7.52. The highest BCUT2D eigenvalue weighted by atomic mass is 32.1. The molecular weight excluding hydrogens is 190 g/mol. The van der Waals surface area contributed by atoms with Gasteiger partial charge in [0.25, 0.3) is 0 Å². The fourth-order valence-electron chi connectivity index (χ4n) is 0.790. The molecule has 0 aromatic carbocycles. The van der Waals surface area contributed by atoms with Crippen LogP contribution in [0.1, 0.15) is 12.1 Å². The minimum Gasteiger partial charge on any atom is -0.388 e. The number of rotatable bonds is 6. The lowest BCUT2D eigenvalue weighted by Crippen LogP contribution is -2.01. The van der Waals surface area contributed by atoms with Crippen molar-refractivity contribution in [2.24, 2.45) is 0 Å². The molecule has 0 saturated carbocycles. The number of aromatic nitrogens is 2. The number of nitrogen functional groups attached to an aromatic ring is 1. The second-order valence-corrected chi connectivity index (χ2v) is 3.27. The Morgan fingerprint density at radius 2 is 2.31 bits per heavy atom. The number of nitrogens with two attached hydrogens (primary N) is 1. The van der Waals surface area contributed by atoms with E-state index in [1.165, 1.54) is 11.5 Å². The lowest BCUT2D eigenvalue weighted by Gasteiger charge is -2.01. The minimum absolute atomic E-state index is 0.437. The molecule has 6 heteroatoms. The molecule has 0 unspecified atom stereocenters. The van der Waals surface area contributed by atoms with Crippen LogP contribution in [-0.2, 0) is 16.1 Å². The second kappa shape index (κ2) is 5.85. The highest BCUT2D eigenvalue weighted by Gasteiger charge is 2.02. The average Bonchev–Trinajstić information content (AvgIpc) is 2.52. The molecule has 1 aromatic heterocycles. The molecule has 0 atom stereocenters. The van der Waals surface area contributed by atoms with Crippen LogP contribution in [0.25, 0.3) is 0 Å². The van der Waals surface area contributed by atoms with Gasteiger partial charge in [-0.3, -0.25) is 0 Å². The van der Waals surface area contributed by atoms with Crippen LogP contribution in [0.15, 0.2) is 0 Å². The van der Waals surface area contributed by atoms with Crippen molar-refractivity contribution in [3.8, 4) is 0 Å². The molecule has 74 valence electrons. The quantitative estimate of drug-likeness (QED) is 0.688. The summed E-state index contributed by atoms with van der Waals surface area (Å²) in [7, 11) is 1.67. The zero-order chi connectivity index (χ0) is 9.52. The van der Waals surface area contributed by atoms with Crippen molar-refractivity contribution in [1.82, 2.24) is 9.59 Å². The first kappa shape index (κ1) is 10.4. The van der Waals surface area contributed by atoms with E-state index in [1.807, 2.05) is 0 Å². The second-order valence-electron chi connectivity index (χ2n) is 2.48. The highest BCUT2D eigenvalue weighted by molar-refractivity contribution is 7.09. The predicted molar refractivity (Wildman–Crippen MR) is 50.5 cm³/mol. The zero-order valence-corrected chi connectivity index (χ0v) is 8.34. The topological polar surface area (TPSA) is 70.3 Å². The molecule has 2 N–H and O–H groups in total. The molecular formula is C7H13N3O2S. The Kier molecular flexibility index (Phi) is 4.66. The molecule has 0 amide bonds. The summed E-state index contributed by atoms with van der Waals surface area (Å²) in [6, 6.07) is 0. The third-order valence-electron chi connectivity index (χ3n) is 1.46. The lowest BCUT2D eigenvalue weighted by molar-refractivity contribution is 0.0913. The van der Waals surface area contributed by atoms with Crippen LogP contribution in [0.5, 0.6) is 0 Å². The molecule has 0 saturated heterocycles. The van der Waals surface area contributed by atoms with Crippen molar-refractivity contribution in [2.45, 2.75) is 13.0 Å². The van der Waals surface area contributed by atoms with Crippen molar-refractivity contribution < 1.29 is 9.47 Å². The summed E-state index contributed by atoms with van der Waals surface area (Å²) < 4.78 is 13.9. The number of hydrogen-bond donors (Lipinski definition) is 1. The van der Waals surface area contributed by atoms with Gasteiger partial charge in [-0.15, -0.1) is 5.10 Å². The Morgan fingerprint density at radius 3 is 2.92 bits per heavy atom. The molecule has 5 nitrogen and oxygen atoms in total. The van der Waals surface area contributed by atoms with Gasteiger partial charge < -0.3 is 15.2 Å². The molecule has 1 heterocycles. The summed E-state index contributed by atoms with van der Waals surface area (Å²) >= 11 is 1.18. The maximum absolute atomic E-state index is 5.57. The van der Waals surface area contributed by atoms with Gasteiger partial charge in [-0.2, -0.15) is 0 Å². The average molecular weight is 203 g/mol. The van der Waals surface area contributed by atoms with Gasteiger partial charge in [0.1, 0.15) is 10.7 Å². The fraction of sp³-hybridized carbons (Fsp3) is 0.714. The molecule has 0 aliphatic carbocycles. The summed E-state index contributed by atoms with van der Waals surface area (Å²) in [5.41, 5.74) is 6.29. The summed E-state index contributed by atoms with van der Waals surface area (Å²) in [6.45, 7) is 1.81. The van der Waals surface area contributed by atoms with E-state index in [0.29, 0.717) is 24.8 Å².